The van der Waals surface area contributed by atoms with Gasteiger partial charge in [0.25, 0.3) is 0 Å². The van der Waals surface area contributed by atoms with Gasteiger partial charge in [0, 0.05) is 46.4 Å². The third-order valence-electron chi connectivity index (χ3n) is 1.87. The van der Waals surface area contributed by atoms with E-state index >= 15 is 0 Å². The molecular weight excluding hydrogens is 307 g/mol. The van der Waals surface area contributed by atoms with Crippen LogP contribution in [0, 0.1) is 6.92 Å². The Morgan fingerprint density at radius 2 is 1.50 bits per heavy atom. The average molecular weight is 334 g/mol. The van der Waals surface area contributed by atoms with Crippen molar-refractivity contribution >= 4 is 0 Å². The SMILES string of the molecule is CC.CO.Cc1ccccc1CCCO.NO.[Y]. The number of hydrogen-bond acceptors (Lipinski definition) is 4. The van der Waals surface area contributed by atoms with Crippen LogP contribution >= 0.6 is 0 Å². The maximum atomic E-state index is 8.62. The molecule has 0 aliphatic rings. The van der Waals surface area contributed by atoms with Crippen molar-refractivity contribution in [1.82, 2.24) is 0 Å². The first-order valence-corrected chi connectivity index (χ1v) is 5.70. The van der Waals surface area contributed by atoms with Gasteiger partial charge < -0.3 is 15.4 Å². The first kappa shape index (κ1) is 26.7. The molecule has 0 fully saturated rings. The van der Waals surface area contributed by atoms with Crippen LogP contribution in [-0.4, -0.2) is 29.1 Å². The zero-order chi connectivity index (χ0) is 14.1. The van der Waals surface area contributed by atoms with Gasteiger partial charge in [0.1, 0.15) is 0 Å². The quantitative estimate of drug-likeness (QED) is 0.636. The summed E-state index contributed by atoms with van der Waals surface area (Å²) in [6.07, 6.45) is 1.86. The van der Waals surface area contributed by atoms with Crippen LogP contribution in [0.5, 0.6) is 0 Å². The molecule has 0 heterocycles. The smallest absolute Gasteiger partial charge is 0.0434 e. The molecule has 1 rings (SSSR count). The molecule has 0 saturated carbocycles. The average Bonchev–Trinajstić information content (AvgIpc) is 2.45. The molecule has 0 saturated heterocycles. The topological polar surface area (TPSA) is 86.7 Å². The fraction of sp³-hybridized carbons (Fsp3) is 0.538. The Hall–Kier alpha value is 0.164. The molecule has 0 atom stereocenters. The Morgan fingerprint density at radius 3 is 1.89 bits per heavy atom. The number of nitrogens with two attached hydrogens (primary N) is 1. The molecule has 0 aliphatic heterocycles. The Labute approximate surface area is 136 Å². The van der Waals surface area contributed by atoms with Gasteiger partial charge >= 0.3 is 0 Å². The maximum Gasteiger partial charge on any atom is 0.0434 e. The minimum atomic E-state index is 0. The molecular formula is C13H27NO3Y. The van der Waals surface area contributed by atoms with E-state index < -0.39 is 0 Å². The zero-order valence-corrected chi connectivity index (χ0v) is 14.8. The van der Waals surface area contributed by atoms with Gasteiger partial charge in [0.05, 0.1) is 0 Å². The van der Waals surface area contributed by atoms with Crippen LogP contribution in [0.3, 0.4) is 0 Å². The first-order chi connectivity index (χ1) is 8.34. The summed E-state index contributed by atoms with van der Waals surface area (Å²) in [4.78, 5) is 0. The second-order valence-electron chi connectivity index (χ2n) is 2.75. The van der Waals surface area contributed by atoms with Crippen molar-refractivity contribution in [2.75, 3.05) is 13.7 Å². The third-order valence-corrected chi connectivity index (χ3v) is 1.87. The van der Waals surface area contributed by atoms with Crippen molar-refractivity contribution in [3.63, 3.8) is 0 Å². The fourth-order valence-corrected chi connectivity index (χ4v) is 1.16. The van der Waals surface area contributed by atoms with E-state index in [1.54, 1.807) is 0 Å². The fourth-order valence-electron chi connectivity index (χ4n) is 1.16. The van der Waals surface area contributed by atoms with Gasteiger partial charge in [0.15, 0.2) is 0 Å². The Morgan fingerprint density at radius 1 is 1.06 bits per heavy atom. The molecule has 1 aromatic carbocycles. The molecule has 5 heteroatoms. The Bertz CT molecular complexity index is 235. The molecule has 105 valence electrons. The summed E-state index contributed by atoms with van der Waals surface area (Å²) in [5.41, 5.74) is 2.67. The van der Waals surface area contributed by atoms with Crippen molar-refractivity contribution in [2.24, 2.45) is 5.90 Å². The van der Waals surface area contributed by atoms with E-state index in [0.717, 1.165) is 20.0 Å². The van der Waals surface area contributed by atoms with E-state index in [4.69, 9.17) is 15.4 Å². The zero-order valence-electron chi connectivity index (χ0n) is 11.9. The van der Waals surface area contributed by atoms with Gasteiger partial charge in [-0.25, -0.2) is 5.90 Å². The van der Waals surface area contributed by atoms with Crippen molar-refractivity contribution in [3.05, 3.63) is 35.4 Å². The first-order valence-electron chi connectivity index (χ1n) is 5.70. The van der Waals surface area contributed by atoms with E-state index in [2.05, 4.69) is 25.0 Å². The summed E-state index contributed by atoms with van der Waals surface area (Å²) >= 11 is 0. The molecule has 0 bridgehead atoms. The predicted octanol–water partition coefficient (Wildman–Crippen LogP) is 1.89. The molecule has 1 radical (unpaired) electrons. The van der Waals surface area contributed by atoms with Crippen molar-refractivity contribution in [1.29, 1.82) is 0 Å². The summed E-state index contributed by atoms with van der Waals surface area (Å²) < 4.78 is 0. The van der Waals surface area contributed by atoms with E-state index in [1.807, 2.05) is 26.0 Å². The number of aryl methyl sites for hydroxylation is 2. The van der Waals surface area contributed by atoms with Crippen LogP contribution in [0.15, 0.2) is 24.3 Å². The van der Waals surface area contributed by atoms with Gasteiger partial charge in [-0.15, -0.1) is 0 Å². The molecule has 4 nitrogen and oxygen atoms in total. The predicted molar refractivity (Wildman–Crippen MR) is 72.1 cm³/mol. The molecule has 18 heavy (non-hydrogen) atoms. The number of aliphatic hydroxyl groups excluding tert-OH is 2. The number of benzene rings is 1. The van der Waals surface area contributed by atoms with Crippen LogP contribution in [0.1, 0.15) is 31.4 Å². The summed E-state index contributed by atoms with van der Waals surface area (Å²) in [7, 11) is 1.00. The van der Waals surface area contributed by atoms with Crippen LogP contribution < -0.4 is 5.90 Å². The van der Waals surface area contributed by atoms with Gasteiger partial charge in [0.2, 0.25) is 0 Å². The number of aliphatic hydroxyl groups is 2. The van der Waals surface area contributed by atoms with E-state index in [0.29, 0.717) is 0 Å². The summed E-state index contributed by atoms with van der Waals surface area (Å²) in [5.74, 6) is 3.50. The van der Waals surface area contributed by atoms with Gasteiger partial charge in [-0.2, -0.15) is 0 Å². The normalized spacial score (nSPS) is 7.11. The molecule has 0 spiro atoms. The summed E-state index contributed by atoms with van der Waals surface area (Å²) in [5, 5.41) is 22.1. The van der Waals surface area contributed by atoms with Crippen LogP contribution in [0.4, 0.5) is 0 Å². The standard InChI is InChI=1S/C10H14O.C2H6.CH4O.H3NO.Y/c1-9-5-2-3-6-10(9)7-4-8-11;3*1-2;/h2-3,5-6,11H,4,7-8H2,1H3;1-2H3;2H,1H3;2H,1H2;. The van der Waals surface area contributed by atoms with Crippen LogP contribution in [-0.2, 0) is 39.1 Å². The minimum Gasteiger partial charge on any atom is -0.400 e. The largest absolute Gasteiger partial charge is 0.400 e. The molecule has 0 aromatic heterocycles. The number of rotatable bonds is 3. The van der Waals surface area contributed by atoms with E-state index in [-0.39, 0.29) is 39.3 Å². The molecule has 0 aliphatic carbocycles. The minimum absolute atomic E-state index is 0. The van der Waals surface area contributed by atoms with E-state index in [1.165, 1.54) is 11.1 Å². The van der Waals surface area contributed by atoms with E-state index in [9.17, 15) is 0 Å². The summed E-state index contributed by atoms with van der Waals surface area (Å²) in [6.45, 7) is 6.39. The molecule has 0 amide bonds. The Balaban J connectivity index is -0.000000123. The maximum absolute atomic E-state index is 8.62. The van der Waals surface area contributed by atoms with Crippen LogP contribution in [0.25, 0.3) is 0 Å². The Kier molecular flexibility index (Phi) is 38.3. The van der Waals surface area contributed by atoms with Crippen molar-refractivity contribution in [3.8, 4) is 0 Å². The second kappa shape index (κ2) is 25.9. The molecule has 5 N–H and O–H groups in total. The van der Waals surface area contributed by atoms with Gasteiger partial charge in [-0.05, 0) is 30.9 Å². The van der Waals surface area contributed by atoms with Gasteiger partial charge in [-0.3, -0.25) is 0 Å². The summed E-state index contributed by atoms with van der Waals surface area (Å²) in [6, 6.07) is 8.30. The molecule has 1 aromatic rings. The molecule has 0 unspecified atom stereocenters. The monoisotopic (exact) mass is 334 g/mol. The van der Waals surface area contributed by atoms with Crippen molar-refractivity contribution < 1.29 is 48.1 Å². The van der Waals surface area contributed by atoms with Gasteiger partial charge in [-0.1, -0.05) is 38.1 Å². The third kappa shape index (κ3) is 16.2. The number of hydrogen-bond donors (Lipinski definition) is 4. The second-order valence-corrected chi connectivity index (χ2v) is 2.75. The van der Waals surface area contributed by atoms with Crippen molar-refractivity contribution in [2.45, 2.75) is 33.6 Å². The van der Waals surface area contributed by atoms with Crippen LogP contribution in [0.2, 0.25) is 0 Å².